The summed E-state index contributed by atoms with van der Waals surface area (Å²) in [6, 6.07) is 9.26. The third-order valence-corrected chi connectivity index (χ3v) is 4.16. The minimum absolute atomic E-state index is 0.127. The van der Waals surface area contributed by atoms with Crippen LogP contribution in [0.4, 0.5) is 0 Å². The van der Waals surface area contributed by atoms with Crippen LogP contribution in [0.5, 0.6) is 0 Å². The van der Waals surface area contributed by atoms with E-state index in [1.165, 1.54) is 4.90 Å². The molecule has 0 bridgehead atoms. The molecule has 3 N–H and O–H groups in total. The van der Waals surface area contributed by atoms with E-state index in [2.05, 4.69) is 0 Å². The summed E-state index contributed by atoms with van der Waals surface area (Å²) in [5, 5.41) is 9.93. The van der Waals surface area contributed by atoms with Crippen LogP contribution >= 0.6 is 0 Å². The van der Waals surface area contributed by atoms with Crippen molar-refractivity contribution in [3.8, 4) is 0 Å². The molecule has 2 unspecified atom stereocenters. The molecule has 1 aliphatic carbocycles. The SMILES string of the molecule is C[C@H](c1ccccc1)N(CC(N)=O)C(=O)C1CCCC1O. The number of carbonyl (C=O) groups excluding carboxylic acids is 2. The Hall–Kier alpha value is -1.88. The molecule has 0 aromatic heterocycles. The summed E-state index contributed by atoms with van der Waals surface area (Å²) in [6.45, 7) is 1.75. The van der Waals surface area contributed by atoms with Gasteiger partial charge in [-0.25, -0.2) is 0 Å². The van der Waals surface area contributed by atoms with E-state index in [1.807, 2.05) is 37.3 Å². The van der Waals surface area contributed by atoms with Crippen molar-refractivity contribution in [2.45, 2.75) is 38.3 Å². The maximum atomic E-state index is 12.7. The van der Waals surface area contributed by atoms with Gasteiger partial charge in [0.2, 0.25) is 11.8 Å². The molecular formula is C16H22N2O3. The molecule has 1 fully saturated rings. The van der Waals surface area contributed by atoms with Crippen molar-refractivity contribution in [1.82, 2.24) is 4.90 Å². The molecule has 5 heteroatoms. The lowest BCUT2D eigenvalue weighted by molar-refractivity contribution is -0.143. The summed E-state index contributed by atoms with van der Waals surface area (Å²) in [5.41, 5.74) is 6.23. The van der Waals surface area contributed by atoms with E-state index in [9.17, 15) is 14.7 Å². The van der Waals surface area contributed by atoms with Gasteiger partial charge in [0, 0.05) is 0 Å². The van der Waals surface area contributed by atoms with Crippen LogP contribution < -0.4 is 5.73 Å². The Labute approximate surface area is 124 Å². The van der Waals surface area contributed by atoms with Crippen LogP contribution in [0.1, 0.15) is 37.8 Å². The fourth-order valence-corrected chi connectivity index (χ4v) is 2.93. The zero-order chi connectivity index (χ0) is 15.4. The van der Waals surface area contributed by atoms with Crippen molar-refractivity contribution in [3.63, 3.8) is 0 Å². The van der Waals surface area contributed by atoms with Crippen molar-refractivity contribution in [2.24, 2.45) is 11.7 Å². The van der Waals surface area contributed by atoms with E-state index in [1.54, 1.807) is 0 Å². The molecule has 1 aliphatic rings. The molecule has 0 spiro atoms. The van der Waals surface area contributed by atoms with E-state index in [-0.39, 0.29) is 18.5 Å². The Kier molecular flexibility index (Phi) is 4.96. The van der Waals surface area contributed by atoms with Crippen LogP contribution in [0.3, 0.4) is 0 Å². The number of aliphatic hydroxyl groups excluding tert-OH is 1. The predicted octanol–water partition coefficient (Wildman–Crippen LogP) is 1.22. The van der Waals surface area contributed by atoms with Gasteiger partial charge in [-0.1, -0.05) is 30.3 Å². The number of hydrogen-bond donors (Lipinski definition) is 2. The number of benzene rings is 1. The molecule has 0 heterocycles. The highest BCUT2D eigenvalue weighted by molar-refractivity contribution is 5.86. The molecule has 2 rings (SSSR count). The average Bonchev–Trinajstić information content (AvgIpc) is 2.90. The smallest absolute Gasteiger partial charge is 0.237 e. The molecule has 1 aromatic carbocycles. The molecule has 0 aliphatic heterocycles. The number of primary amides is 1. The van der Waals surface area contributed by atoms with E-state index in [4.69, 9.17) is 5.73 Å². The summed E-state index contributed by atoms with van der Waals surface area (Å²) in [4.78, 5) is 25.5. The molecule has 0 radical (unpaired) electrons. The second-order valence-electron chi connectivity index (χ2n) is 5.62. The van der Waals surface area contributed by atoms with Gasteiger partial charge < -0.3 is 15.7 Å². The second kappa shape index (κ2) is 6.72. The monoisotopic (exact) mass is 290 g/mol. The molecule has 5 nitrogen and oxygen atoms in total. The minimum Gasteiger partial charge on any atom is -0.392 e. The lowest BCUT2D eigenvalue weighted by atomic mass is 10.0. The Morgan fingerprint density at radius 2 is 2.00 bits per heavy atom. The highest BCUT2D eigenvalue weighted by Crippen LogP contribution is 2.30. The van der Waals surface area contributed by atoms with Crippen molar-refractivity contribution in [1.29, 1.82) is 0 Å². The van der Waals surface area contributed by atoms with E-state index < -0.39 is 17.9 Å². The molecule has 1 saturated carbocycles. The molecule has 3 atom stereocenters. The third kappa shape index (κ3) is 3.61. The largest absolute Gasteiger partial charge is 0.392 e. The van der Waals surface area contributed by atoms with Gasteiger partial charge in [-0.2, -0.15) is 0 Å². The average molecular weight is 290 g/mol. The topological polar surface area (TPSA) is 83.6 Å². The van der Waals surface area contributed by atoms with Crippen molar-refractivity contribution >= 4 is 11.8 Å². The number of aliphatic hydroxyl groups is 1. The first-order valence-electron chi connectivity index (χ1n) is 7.32. The Balaban J connectivity index is 2.21. The van der Waals surface area contributed by atoms with Crippen LogP contribution in [0, 0.1) is 5.92 Å². The number of hydrogen-bond acceptors (Lipinski definition) is 3. The lowest BCUT2D eigenvalue weighted by Gasteiger charge is -2.31. The van der Waals surface area contributed by atoms with Crippen LogP contribution in [0.2, 0.25) is 0 Å². The Morgan fingerprint density at radius 1 is 1.33 bits per heavy atom. The van der Waals surface area contributed by atoms with Crippen molar-refractivity contribution in [3.05, 3.63) is 35.9 Å². The summed E-state index contributed by atoms with van der Waals surface area (Å²) in [5.74, 6) is -1.15. The summed E-state index contributed by atoms with van der Waals surface area (Å²) < 4.78 is 0. The number of rotatable bonds is 5. The lowest BCUT2D eigenvalue weighted by Crippen LogP contribution is -2.44. The number of nitrogens with zero attached hydrogens (tertiary/aromatic N) is 1. The third-order valence-electron chi connectivity index (χ3n) is 4.16. The van der Waals surface area contributed by atoms with Crippen molar-refractivity contribution in [2.75, 3.05) is 6.54 Å². The summed E-state index contributed by atoms with van der Waals surface area (Å²) in [7, 11) is 0. The zero-order valence-corrected chi connectivity index (χ0v) is 12.2. The minimum atomic E-state index is -0.615. The van der Waals surface area contributed by atoms with Gasteiger partial charge in [-0.05, 0) is 31.7 Å². The summed E-state index contributed by atoms with van der Waals surface area (Å²) >= 11 is 0. The van der Waals surface area contributed by atoms with Crippen LogP contribution in [0.25, 0.3) is 0 Å². The van der Waals surface area contributed by atoms with Gasteiger partial charge in [-0.15, -0.1) is 0 Å². The van der Waals surface area contributed by atoms with E-state index in [0.29, 0.717) is 12.8 Å². The molecule has 0 saturated heterocycles. The standard InChI is InChI=1S/C16H22N2O3/c1-11(12-6-3-2-4-7-12)18(10-15(17)20)16(21)13-8-5-9-14(13)19/h2-4,6-7,11,13-14,19H,5,8-10H2,1H3,(H2,17,20)/t11-,13?,14?/m1/s1. The van der Waals surface area contributed by atoms with Crippen LogP contribution in [-0.4, -0.2) is 34.5 Å². The maximum absolute atomic E-state index is 12.7. The fraction of sp³-hybridized carbons (Fsp3) is 0.500. The first-order chi connectivity index (χ1) is 10.0. The zero-order valence-electron chi connectivity index (χ0n) is 12.2. The fourth-order valence-electron chi connectivity index (χ4n) is 2.93. The molecule has 2 amide bonds. The molecule has 21 heavy (non-hydrogen) atoms. The first kappa shape index (κ1) is 15.5. The van der Waals surface area contributed by atoms with Crippen LogP contribution in [0.15, 0.2) is 30.3 Å². The predicted molar refractivity (Wildman–Crippen MR) is 79.1 cm³/mol. The van der Waals surface area contributed by atoms with Gasteiger partial charge >= 0.3 is 0 Å². The quantitative estimate of drug-likeness (QED) is 0.855. The number of amides is 2. The van der Waals surface area contributed by atoms with Gasteiger partial charge in [0.1, 0.15) is 0 Å². The van der Waals surface area contributed by atoms with Gasteiger partial charge in [-0.3, -0.25) is 9.59 Å². The summed E-state index contributed by atoms with van der Waals surface area (Å²) in [6.07, 6.45) is 1.52. The molecule has 1 aromatic rings. The normalized spacial score (nSPS) is 22.8. The highest BCUT2D eigenvalue weighted by atomic mass is 16.3. The van der Waals surface area contributed by atoms with Gasteiger partial charge in [0.15, 0.2) is 0 Å². The van der Waals surface area contributed by atoms with Gasteiger partial charge in [0.25, 0.3) is 0 Å². The maximum Gasteiger partial charge on any atom is 0.237 e. The van der Waals surface area contributed by atoms with E-state index in [0.717, 1.165) is 12.0 Å². The van der Waals surface area contributed by atoms with Crippen LogP contribution in [-0.2, 0) is 9.59 Å². The molecule has 114 valence electrons. The van der Waals surface area contributed by atoms with E-state index >= 15 is 0 Å². The van der Waals surface area contributed by atoms with Crippen molar-refractivity contribution < 1.29 is 14.7 Å². The second-order valence-corrected chi connectivity index (χ2v) is 5.62. The first-order valence-corrected chi connectivity index (χ1v) is 7.32. The number of nitrogens with two attached hydrogens (primary N) is 1. The number of carbonyl (C=O) groups is 2. The Morgan fingerprint density at radius 3 is 2.52 bits per heavy atom. The van der Waals surface area contributed by atoms with Gasteiger partial charge in [0.05, 0.1) is 24.6 Å². The highest BCUT2D eigenvalue weighted by Gasteiger charge is 2.36. The molecular weight excluding hydrogens is 268 g/mol. The Bertz CT molecular complexity index is 504.